The first kappa shape index (κ1) is 11.9. The number of nitrogens with zero attached hydrogens (tertiary/aromatic N) is 1. The fraction of sp³-hybridized carbons (Fsp3) is 0.286. The van der Waals surface area contributed by atoms with E-state index in [0.717, 1.165) is 12.8 Å². The minimum absolute atomic E-state index is 0.0317. The SMILES string of the molecule is O=C(O)c1cc(NC2(CO)CC2)nc2ccccc12. The monoisotopic (exact) mass is 258 g/mol. The summed E-state index contributed by atoms with van der Waals surface area (Å²) in [6, 6.07) is 8.67. The number of para-hydroxylation sites is 1. The first-order valence-electron chi connectivity index (χ1n) is 6.16. The largest absolute Gasteiger partial charge is 0.478 e. The predicted octanol–water partition coefficient (Wildman–Crippen LogP) is 1.87. The molecule has 0 saturated heterocycles. The lowest BCUT2D eigenvalue weighted by Crippen LogP contribution is -2.26. The van der Waals surface area contributed by atoms with Crippen LogP contribution in [0.5, 0.6) is 0 Å². The molecule has 3 rings (SSSR count). The van der Waals surface area contributed by atoms with Crippen LogP contribution in [0, 0.1) is 0 Å². The van der Waals surface area contributed by atoms with E-state index in [1.54, 1.807) is 18.2 Å². The number of aromatic nitrogens is 1. The van der Waals surface area contributed by atoms with Gasteiger partial charge >= 0.3 is 5.97 Å². The Labute approximate surface area is 109 Å². The van der Waals surface area contributed by atoms with Crippen LogP contribution >= 0.6 is 0 Å². The van der Waals surface area contributed by atoms with Gasteiger partial charge in [-0.1, -0.05) is 18.2 Å². The summed E-state index contributed by atoms with van der Waals surface area (Å²) >= 11 is 0. The topological polar surface area (TPSA) is 82.5 Å². The van der Waals surface area contributed by atoms with Crippen molar-refractivity contribution in [2.75, 3.05) is 11.9 Å². The van der Waals surface area contributed by atoms with E-state index in [1.165, 1.54) is 6.07 Å². The number of aromatic carboxylic acids is 1. The molecule has 1 saturated carbocycles. The number of hydrogen-bond donors (Lipinski definition) is 3. The molecule has 98 valence electrons. The Kier molecular flexibility index (Phi) is 2.64. The van der Waals surface area contributed by atoms with Crippen molar-refractivity contribution in [3.8, 4) is 0 Å². The van der Waals surface area contributed by atoms with Crippen molar-refractivity contribution in [2.24, 2.45) is 0 Å². The number of aliphatic hydroxyl groups excluding tert-OH is 1. The predicted molar refractivity (Wildman–Crippen MR) is 71.4 cm³/mol. The van der Waals surface area contributed by atoms with Crippen molar-refractivity contribution in [2.45, 2.75) is 18.4 Å². The minimum atomic E-state index is -0.976. The summed E-state index contributed by atoms with van der Waals surface area (Å²) < 4.78 is 0. The molecule has 19 heavy (non-hydrogen) atoms. The molecule has 0 spiro atoms. The van der Waals surface area contributed by atoms with Crippen LogP contribution in [-0.2, 0) is 0 Å². The Morgan fingerprint density at radius 3 is 2.74 bits per heavy atom. The number of rotatable bonds is 4. The van der Waals surface area contributed by atoms with Gasteiger partial charge < -0.3 is 15.5 Å². The van der Waals surface area contributed by atoms with Crippen LogP contribution in [0.1, 0.15) is 23.2 Å². The molecule has 0 amide bonds. The lowest BCUT2D eigenvalue weighted by molar-refractivity contribution is 0.0699. The standard InChI is InChI=1S/C14H14N2O3/c17-8-14(5-6-14)16-12-7-10(13(18)19)9-3-1-2-4-11(9)15-12/h1-4,7,17H,5-6,8H2,(H,15,16)(H,18,19). The molecule has 0 aliphatic heterocycles. The third kappa shape index (κ3) is 2.13. The van der Waals surface area contributed by atoms with Crippen LogP contribution in [0.3, 0.4) is 0 Å². The maximum absolute atomic E-state index is 11.3. The number of aliphatic hydroxyl groups is 1. The highest BCUT2D eigenvalue weighted by atomic mass is 16.4. The number of carboxylic acids is 1. The second kappa shape index (κ2) is 4.20. The maximum Gasteiger partial charge on any atom is 0.336 e. The molecular formula is C14H14N2O3. The Hall–Kier alpha value is -2.14. The zero-order valence-electron chi connectivity index (χ0n) is 10.3. The van der Waals surface area contributed by atoms with Crippen molar-refractivity contribution >= 4 is 22.7 Å². The summed E-state index contributed by atoms with van der Waals surface area (Å²) in [5.41, 5.74) is 0.547. The molecule has 0 radical (unpaired) electrons. The summed E-state index contributed by atoms with van der Waals surface area (Å²) in [5, 5.41) is 22.3. The van der Waals surface area contributed by atoms with Crippen LogP contribution in [0.15, 0.2) is 30.3 Å². The molecule has 0 atom stereocenters. The molecule has 0 unspecified atom stereocenters. The van der Waals surface area contributed by atoms with E-state index in [2.05, 4.69) is 10.3 Å². The van der Waals surface area contributed by atoms with E-state index in [9.17, 15) is 15.0 Å². The molecule has 1 aromatic carbocycles. The second-order valence-electron chi connectivity index (χ2n) is 4.94. The number of anilines is 1. The minimum Gasteiger partial charge on any atom is -0.478 e. The van der Waals surface area contributed by atoms with Crippen molar-refractivity contribution in [1.82, 2.24) is 4.98 Å². The molecule has 1 fully saturated rings. The number of carboxylic acid groups (broad SMARTS) is 1. The van der Waals surface area contributed by atoms with Crippen LogP contribution in [0.4, 0.5) is 5.82 Å². The molecule has 1 aliphatic rings. The second-order valence-corrected chi connectivity index (χ2v) is 4.94. The van der Waals surface area contributed by atoms with E-state index < -0.39 is 5.97 Å². The molecule has 1 aliphatic carbocycles. The van der Waals surface area contributed by atoms with Gasteiger partial charge in [-0.3, -0.25) is 0 Å². The average Bonchev–Trinajstić information content (AvgIpc) is 3.18. The molecule has 3 N–H and O–H groups in total. The molecule has 5 nitrogen and oxygen atoms in total. The van der Waals surface area contributed by atoms with Crippen LogP contribution in [0.2, 0.25) is 0 Å². The number of fused-ring (bicyclic) bond motifs is 1. The van der Waals surface area contributed by atoms with Gasteiger partial charge in [0.2, 0.25) is 0 Å². The van der Waals surface area contributed by atoms with Crippen LogP contribution < -0.4 is 5.32 Å². The van der Waals surface area contributed by atoms with E-state index in [-0.39, 0.29) is 17.7 Å². The van der Waals surface area contributed by atoms with Crippen molar-refractivity contribution in [3.63, 3.8) is 0 Å². The number of pyridine rings is 1. The zero-order chi connectivity index (χ0) is 13.5. The maximum atomic E-state index is 11.3. The van der Waals surface area contributed by atoms with Gasteiger partial charge in [-0.05, 0) is 25.0 Å². The van der Waals surface area contributed by atoms with Gasteiger partial charge in [0.1, 0.15) is 5.82 Å². The first-order valence-corrected chi connectivity index (χ1v) is 6.16. The summed E-state index contributed by atoms with van der Waals surface area (Å²) in [4.78, 5) is 15.7. The molecular weight excluding hydrogens is 244 g/mol. The quantitative estimate of drug-likeness (QED) is 0.779. The Morgan fingerprint density at radius 1 is 1.37 bits per heavy atom. The molecule has 1 aromatic heterocycles. The van der Waals surface area contributed by atoms with Gasteiger partial charge in [-0.2, -0.15) is 0 Å². The summed E-state index contributed by atoms with van der Waals surface area (Å²) in [6.07, 6.45) is 1.75. The Bertz CT molecular complexity index is 650. The van der Waals surface area contributed by atoms with Gasteiger partial charge in [-0.25, -0.2) is 9.78 Å². The highest BCUT2D eigenvalue weighted by Crippen LogP contribution is 2.38. The van der Waals surface area contributed by atoms with Gasteiger partial charge in [-0.15, -0.1) is 0 Å². The van der Waals surface area contributed by atoms with Gasteiger partial charge in [0, 0.05) is 5.39 Å². The first-order chi connectivity index (χ1) is 9.13. The van der Waals surface area contributed by atoms with Crippen LogP contribution in [-0.4, -0.2) is 33.3 Å². The van der Waals surface area contributed by atoms with Gasteiger partial charge in [0.05, 0.1) is 23.2 Å². The number of nitrogens with one attached hydrogen (secondary N) is 1. The normalized spacial score (nSPS) is 16.3. The Balaban J connectivity index is 2.08. The van der Waals surface area contributed by atoms with Gasteiger partial charge in [0.15, 0.2) is 0 Å². The molecule has 0 bridgehead atoms. The van der Waals surface area contributed by atoms with Crippen LogP contribution in [0.25, 0.3) is 10.9 Å². The summed E-state index contributed by atoms with van der Waals surface area (Å²) in [6.45, 7) is 0.0317. The van der Waals surface area contributed by atoms with Crippen molar-refractivity contribution < 1.29 is 15.0 Å². The van der Waals surface area contributed by atoms with Gasteiger partial charge in [0.25, 0.3) is 0 Å². The number of carbonyl (C=O) groups is 1. The smallest absolute Gasteiger partial charge is 0.336 e. The van der Waals surface area contributed by atoms with E-state index >= 15 is 0 Å². The van der Waals surface area contributed by atoms with Crippen molar-refractivity contribution in [3.05, 3.63) is 35.9 Å². The fourth-order valence-electron chi connectivity index (χ4n) is 2.16. The summed E-state index contributed by atoms with van der Waals surface area (Å²) in [5.74, 6) is -0.474. The Morgan fingerprint density at radius 2 is 2.11 bits per heavy atom. The number of hydrogen-bond acceptors (Lipinski definition) is 4. The highest BCUT2D eigenvalue weighted by molar-refractivity contribution is 6.03. The lowest BCUT2D eigenvalue weighted by atomic mass is 10.1. The van der Waals surface area contributed by atoms with E-state index in [4.69, 9.17) is 0 Å². The average molecular weight is 258 g/mol. The fourth-order valence-corrected chi connectivity index (χ4v) is 2.16. The molecule has 5 heteroatoms. The molecule has 1 heterocycles. The van der Waals surface area contributed by atoms with Crippen molar-refractivity contribution in [1.29, 1.82) is 0 Å². The van der Waals surface area contributed by atoms with E-state index in [0.29, 0.717) is 16.7 Å². The zero-order valence-corrected chi connectivity index (χ0v) is 10.3. The third-order valence-electron chi connectivity index (χ3n) is 3.50. The highest BCUT2D eigenvalue weighted by Gasteiger charge is 2.42. The number of benzene rings is 1. The van der Waals surface area contributed by atoms with E-state index in [1.807, 2.05) is 6.07 Å². The summed E-state index contributed by atoms with van der Waals surface area (Å²) in [7, 11) is 0. The third-order valence-corrected chi connectivity index (χ3v) is 3.50. The lowest BCUT2D eigenvalue weighted by Gasteiger charge is -2.16. The molecule has 2 aromatic rings.